The Morgan fingerprint density at radius 3 is 2.12 bits per heavy atom. The first-order valence-corrected chi connectivity index (χ1v) is 6.86. The summed E-state index contributed by atoms with van der Waals surface area (Å²) in [7, 11) is 3.76. The van der Waals surface area contributed by atoms with Gasteiger partial charge in [-0.2, -0.15) is 26.3 Å². The van der Waals surface area contributed by atoms with Gasteiger partial charge in [-0.25, -0.2) is 9.79 Å². The number of rotatable bonds is 4. The summed E-state index contributed by atoms with van der Waals surface area (Å²) in [6, 6.07) is 0.278. The van der Waals surface area contributed by atoms with Crippen molar-refractivity contribution in [2.45, 2.75) is 18.0 Å². The van der Waals surface area contributed by atoms with Crippen molar-refractivity contribution in [3.05, 3.63) is 16.5 Å². The number of aliphatic hydroxyl groups is 1. The molecule has 24 heavy (non-hydrogen) atoms. The molecule has 0 bridgehead atoms. The van der Waals surface area contributed by atoms with Crippen LogP contribution in [-0.4, -0.2) is 55.9 Å². The van der Waals surface area contributed by atoms with E-state index in [1.807, 2.05) is 0 Å². The number of halogens is 6. The molecule has 0 atom stereocenters. The highest BCUT2D eigenvalue weighted by Gasteiger charge is 2.72. The van der Waals surface area contributed by atoms with Gasteiger partial charge in [-0.1, -0.05) is 0 Å². The van der Waals surface area contributed by atoms with Crippen LogP contribution in [0.5, 0.6) is 0 Å². The number of carbonyl (C=O) groups excluding carboxylic acids is 1. The zero-order chi connectivity index (χ0) is 18.9. The van der Waals surface area contributed by atoms with E-state index in [4.69, 9.17) is 0 Å². The second kappa shape index (κ2) is 6.59. The Balaban J connectivity index is 3.69. The number of thiophene rings is 1. The Kier molecular flexibility index (Phi) is 5.55. The number of esters is 1. The van der Waals surface area contributed by atoms with E-state index in [9.17, 15) is 36.2 Å². The normalized spacial score (nSPS) is 13.4. The lowest BCUT2D eigenvalue weighted by Crippen LogP contribution is -2.53. The Morgan fingerprint density at radius 2 is 1.75 bits per heavy atom. The van der Waals surface area contributed by atoms with Gasteiger partial charge in [0.05, 0.1) is 13.4 Å². The van der Waals surface area contributed by atoms with Crippen molar-refractivity contribution in [3.8, 4) is 0 Å². The van der Waals surface area contributed by atoms with Gasteiger partial charge in [0.2, 0.25) is 0 Å². The molecule has 136 valence electrons. The molecule has 1 aromatic rings. The van der Waals surface area contributed by atoms with E-state index in [-0.39, 0.29) is 17.4 Å². The number of nitrogens with zero attached hydrogens (tertiary/aromatic N) is 2. The molecule has 0 fully saturated rings. The van der Waals surface area contributed by atoms with Crippen LogP contribution in [0.25, 0.3) is 0 Å². The number of hydrogen-bond donors (Lipinski definition) is 1. The molecule has 1 rings (SSSR count). The molecule has 0 aliphatic carbocycles. The van der Waals surface area contributed by atoms with Crippen LogP contribution in [0.1, 0.15) is 15.2 Å². The van der Waals surface area contributed by atoms with Gasteiger partial charge in [0, 0.05) is 19.7 Å². The summed E-state index contributed by atoms with van der Waals surface area (Å²) in [6.07, 6.45) is -11.2. The first-order valence-electron chi connectivity index (χ1n) is 6.04. The highest BCUT2D eigenvalue weighted by atomic mass is 32.1. The standard InChI is InChI=1S/C12H12F6N2O3S/c1-20(2)5-19-8-6(4-7(24-8)9(21)23-3)10(22,11(13,14)15)12(16,17)18/h4-5,22H,1-3H3. The average molecular weight is 378 g/mol. The van der Waals surface area contributed by atoms with E-state index in [0.29, 0.717) is 0 Å². The number of carbonyl (C=O) groups is 1. The van der Waals surface area contributed by atoms with E-state index in [2.05, 4.69) is 9.73 Å². The highest BCUT2D eigenvalue weighted by molar-refractivity contribution is 7.17. The molecule has 1 aromatic heterocycles. The van der Waals surface area contributed by atoms with E-state index in [1.165, 1.54) is 19.0 Å². The predicted octanol–water partition coefficient (Wildman–Crippen LogP) is 3.07. The van der Waals surface area contributed by atoms with Crippen LogP contribution < -0.4 is 0 Å². The Bertz CT molecular complexity index is 622. The van der Waals surface area contributed by atoms with Crippen molar-refractivity contribution >= 4 is 28.6 Å². The summed E-state index contributed by atoms with van der Waals surface area (Å²) in [5.74, 6) is -1.15. The molecule has 0 amide bonds. The Morgan fingerprint density at radius 1 is 1.25 bits per heavy atom. The maximum Gasteiger partial charge on any atom is 0.430 e. The molecule has 0 aromatic carbocycles. The predicted molar refractivity (Wildman–Crippen MR) is 73.5 cm³/mol. The lowest BCUT2D eigenvalue weighted by molar-refractivity contribution is -0.375. The van der Waals surface area contributed by atoms with E-state index >= 15 is 0 Å². The number of hydrogen-bond acceptors (Lipinski definition) is 5. The number of alkyl halides is 6. The van der Waals surface area contributed by atoms with Gasteiger partial charge in [0.25, 0.3) is 5.60 Å². The summed E-state index contributed by atoms with van der Waals surface area (Å²) < 4.78 is 82.4. The third kappa shape index (κ3) is 3.64. The maximum atomic E-state index is 13.0. The van der Waals surface area contributed by atoms with E-state index < -0.39 is 39.4 Å². The number of aliphatic imine (C=N–C) groups is 1. The van der Waals surface area contributed by atoms with Gasteiger partial charge >= 0.3 is 18.3 Å². The first kappa shape index (κ1) is 20.2. The number of methoxy groups -OCH3 is 1. The lowest BCUT2D eigenvalue weighted by atomic mass is 9.93. The fourth-order valence-corrected chi connectivity index (χ4v) is 2.54. The van der Waals surface area contributed by atoms with E-state index in [0.717, 1.165) is 13.4 Å². The van der Waals surface area contributed by atoms with Crippen LogP contribution >= 0.6 is 11.3 Å². The van der Waals surface area contributed by atoms with Gasteiger partial charge in [-0.3, -0.25) is 0 Å². The van der Waals surface area contributed by atoms with Crippen molar-refractivity contribution < 1.29 is 41.0 Å². The lowest BCUT2D eigenvalue weighted by Gasteiger charge is -2.32. The molecular weight excluding hydrogens is 366 g/mol. The molecule has 0 spiro atoms. The molecule has 0 unspecified atom stereocenters. The minimum Gasteiger partial charge on any atom is -0.465 e. The largest absolute Gasteiger partial charge is 0.465 e. The van der Waals surface area contributed by atoms with Gasteiger partial charge in [0.15, 0.2) is 0 Å². The molecule has 1 heterocycles. The molecule has 0 aliphatic rings. The smallest absolute Gasteiger partial charge is 0.430 e. The summed E-state index contributed by atoms with van der Waals surface area (Å²) >= 11 is 0.234. The zero-order valence-corrected chi connectivity index (χ0v) is 13.3. The van der Waals surface area contributed by atoms with E-state index in [1.54, 1.807) is 0 Å². The molecule has 0 radical (unpaired) electrons. The van der Waals surface area contributed by atoms with Crippen molar-refractivity contribution in [2.24, 2.45) is 4.99 Å². The van der Waals surface area contributed by atoms with Crippen LogP contribution in [0.3, 0.4) is 0 Å². The fourth-order valence-electron chi connectivity index (χ4n) is 1.57. The van der Waals surface area contributed by atoms with Crippen molar-refractivity contribution in [3.63, 3.8) is 0 Å². The van der Waals surface area contributed by atoms with Crippen LogP contribution in [0.4, 0.5) is 31.3 Å². The third-order valence-corrected chi connectivity index (χ3v) is 3.74. The zero-order valence-electron chi connectivity index (χ0n) is 12.5. The monoisotopic (exact) mass is 378 g/mol. The minimum absolute atomic E-state index is 0.234. The van der Waals surface area contributed by atoms with Crippen molar-refractivity contribution in [1.82, 2.24) is 4.90 Å². The van der Waals surface area contributed by atoms with Crippen molar-refractivity contribution in [1.29, 1.82) is 0 Å². The van der Waals surface area contributed by atoms with Crippen LogP contribution in [0.2, 0.25) is 0 Å². The van der Waals surface area contributed by atoms with Crippen LogP contribution in [-0.2, 0) is 10.3 Å². The van der Waals surface area contributed by atoms with Crippen LogP contribution in [0.15, 0.2) is 11.1 Å². The van der Waals surface area contributed by atoms with Crippen molar-refractivity contribution in [2.75, 3.05) is 21.2 Å². The maximum absolute atomic E-state index is 13.0. The van der Waals surface area contributed by atoms with Gasteiger partial charge < -0.3 is 14.7 Å². The topological polar surface area (TPSA) is 62.1 Å². The quantitative estimate of drug-likeness (QED) is 0.379. The highest BCUT2D eigenvalue weighted by Crippen LogP contribution is 2.54. The molecule has 12 heteroatoms. The summed E-state index contributed by atoms with van der Waals surface area (Å²) in [6.45, 7) is 0. The number of ether oxygens (including phenoxy) is 1. The summed E-state index contributed by atoms with van der Waals surface area (Å²) in [5, 5.41) is 8.67. The average Bonchev–Trinajstić information content (AvgIpc) is 2.85. The summed E-state index contributed by atoms with van der Waals surface area (Å²) in [4.78, 5) is 15.6. The van der Waals surface area contributed by atoms with Crippen LogP contribution in [0, 0.1) is 0 Å². The Hall–Kier alpha value is -1.82. The second-order valence-electron chi connectivity index (χ2n) is 4.74. The van der Waals surface area contributed by atoms with Gasteiger partial charge in [0.1, 0.15) is 9.88 Å². The minimum atomic E-state index is -6.08. The Labute approximate surface area is 136 Å². The first-order chi connectivity index (χ1) is 10.8. The molecule has 5 nitrogen and oxygen atoms in total. The second-order valence-corrected chi connectivity index (χ2v) is 5.77. The van der Waals surface area contributed by atoms with Gasteiger partial charge in [-0.05, 0) is 6.07 Å². The molecule has 0 aliphatic heterocycles. The molecule has 0 saturated carbocycles. The summed E-state index contributed by atoms with van der Waals surface area (Å²) in [5.41, 5.74) is -6.77. The molecule has 0 saturated heterocycles. The SMILES string of the molecule is COC(=O)c1cc(C(O)(C(F)(F)F)C(F)(F)F)c(N=CN(C)C)s1. The molecule has 1 N–H and O–H groups in total. The molecular formula is C12H12F6N2O3S. The van der Waals surface area contributed by atoms with Gasteiger partial charge in [-0.15, -0.1) is 11.3 Å². The third-order valence-electron chi connectivity index (χ3n) is 2.72. The fraction of sp³-hybridized carbons (Fsp3) is 0.500.